The number of halogens is 4. The van der Waals surface area contributed by atoms with Gasteiger partial charge in [-0.05, 0) is 40.2 Å². The Kier molecular flexibility index (Phi) is 4.08. The van der Waals surface area contributed by atoms with Gasteiger partial charge in [0.2, 0.25) is 0 Å². The average molecular weight is 398 g/mol. The minimum absolute atomic E-state index is 0.0615. The second kappa shape index (κ2) is 5.94. The topological polar surface area (TPSA) is 46.9 Å². The van der Waals surface area contributed by atoms with E-state index in [0.29, 0.717) is 16.8 Å². The summed E-state index contributed by atoms with van der Waals surface area (Å²) in [7, 11) is 1.59. The monoisotopic (exact) mass is 397 g/mol. The predicted molar refractivity (Wildman–Crippen MR) is 89.6 cm³/mol. The van der Waals surface area contributed by atoms with E-state index >= 15 is 0 Å². The Morgan fingerprint density at radius 3 is 2.38 bits per heavy atom. The fourth-order valence-corrected chi connectivity index (χ4v) is 3.04. The molecule has 0 aliphatic rings. The fourth-order valence-electron chi connectivity index (χ4n) is 2.45. The van der Waals surface area contributed by atoms with E-state index in [2.05, 4.69) is 26.2 Å². The number of pyridine rings is 2. The summed E-state index contributed by atoms with van der Waals surface area (Å²) in [5, 5.41) is 3.24. The molecule has 2 heterocycles. The van der Waals surface area contributed by atoms with E-state index in [-0.39, 0.29) is 10.1 Å². The predicted octanol–water partition coefficient (Wildman–Crippen LogP) is 4.21. The van der Waals surface area contributed by atoms with Gasteiger partial charge in [0.05, 0.1) is 11.4 Å². The lowest BCUT2D eigenvalue weighted by atomic mass is 10.2. The van der Waals surface area contributed by atoms with Crippen LogP contribution in [0.3, 0.4) is 0 Å². The van der Waals surface area contributed by atoms with Crippen molar-refractivity contribution < 1.29 is 13.2 Å². The summed E-state index contributed by atoms with van der Waals surface area (Å²) in [6.07, 6.45) is -4.60. The molecule has 0 aliphatic carbocycles. The van der Waals surface area contributed by atoms with E-state index in [1.54, 1.807) is 37.4 Å². The van der Waals surface area contributed by atoms with Gasteiger partial charge >= 0.3 is 6.18 Å². The Balaban J connectivity index is 2.49. The SMILES string of the molecule is CNc1c(Br)c(=O)n(-c2ccccc2)c2nc(C(F)(F)F)ccc12. The number of aromatic nitrogens is 2. The summed E-state index contributed by atoms with van der Waals surface area (Å²) < 4.78 is 40.5. The molecule has 4 nitrogen and oxygen atoms in total. The normalized spacial score (nSPS) is 11.7. The zero-order valence-corrected chi connectivity index (χ0v) is 13.9. The second-order valence-corrected chi connectivity index (χ2v) is 5.77. The smallest absolute Gasteiger partial charge is 0.386 e. The lowest BCUT2D eigenvalue weighted by Gasteiger charge is -2.16. The van der Waals surface area contributed by atoms with Gasteiger partial charge in [-0.3, -0.25) is 9.36 Å². The summed E-state index contributed by atoms with van der Waals surface area (Å²) >= 11 is 3.22. The van der Waals surface area contributed by atoms with Crippen LogP contribution in [0.1, 0.15) is 5.69 Å². The Hall–Kier alpha value is -2.35. The maximum atomic E-state index is 13.0. The molecule has 0 amide bonds. The standard InChI is InChI=1S/C16H11BrF3N3O/c1-21-13-10-7-8-11(16(18,19)20)22-14(10)23(15(24)12(13)17)9-5-3-2-4-6-9/h2-8,21H,1H3. The zero-order valence-electron chi connectivity index (χ0n) is 12.4. The Morgan fingerprint density at radius 1 is 1.12 bits per heavy atom. The summed E-state index contributed by atoms with van der Waals surface area (Å²) in [5.41, 5.74) is -0.784. The first-order valence-corrected chi connectivity index (χ1v) is 7.69. The van der Waals surface area contributed by atoms with Crippen molar-refractivity contribution in [2.24, 2.45) is 0 Å². The molecule has 3 rings (SSSR count). The summed E-state index contributed by atoms with van der Waals surface area (Å²) in [6, 6.07) is 10.6. The van der Waals surface area contributed by atoms with Crippen LogP contribution in [0.15, 0.2) is 51.7 Å². The molecule has 0 saturated heterocycles. The van der Waals surface area contributed by atoms with Gasteiger partial charge < -0.3 is 5.32 Å². The number of anilines is 1. The summed E-state index contributed by atoms with van der Waals surface area (Å²) in [6.45, 7) is 0. The molecule has 3 aromatic rings. The molecule has 0 spiro atoms. The van der Waals surface area contributed by atoms with Crippen LogP contribution in [-0.4, -0.2) is 16.6 Å². The van der Waals surface area contributed by atoms with Crippen molar-refractivity contribution in [3.63, 3.8) is 0 Å². The van der Waals surface area contributed by atoms with Gasteiger partial charge in [-0.1, -0.05) is 18.2 Å². The van der Waals surface area contributed by atoms with Crippen LogP contribution in [0.4, 0.5) is 18.9 Å². The average Bonchev–Trinajstić information content (AvgIpc) is 2.56. The summed E-state index contributed by atoms with van der Waals surface area (Å²) in [5.74, 6) is 0. The Labute approximate surface area is 143 Å². The number of alkyl halides is 3. The van der Waals surface area contributed by atoms with Crippen LogP contribution in [0.5, 0.6) is 0 Å². The van der Waals surface area contributed by atoms with E-state index < -0.39 is 17.4 Å². The highest BCUT2D eigenvalue weighted by atomic mass is 79.9. The minimum atomic E-state index is -4.60. The molecule has 0 unspecified atom stereocenters. The maximum Gasteiger partial charge on any atom is 0.433 e. The largest absolute Gasteiger partial charge is 0.433 e. The van der Waals surface area contributed by atoms with E-state index in [1.165, 1.54) is 6.07 Å². The lowest BCUT2D eigenvalue weighted by Crippen LogP contribution is -2.22. The number of rotatable bonds is 2. The number of nitrogens with zero attached hydrogens (tertiary/aromatic N) is 2. The lowest BCUT2D eigenvalue weighted by molar-refractivity contribution is -0.141. The van der Waals surface area contributed by atoms with Crippen molar-refractivity contribution in [2.75, 3.05) is 12.4 Å². The molecule has 0 atom stereocenters. The number of nitrogens with one attached hydrogen (secondary N) is 1. The molecule has 0 bridgehead atoms. The van der Waals surface area contributed by atoms with Crippen molar-refractivity contribution in [1.82, 2.24) is 9.55 Å². The minimum Gasteiger partial charge on any atom is -0.386 e. The molecular formula is C16H11BrF3N3O. The van der Waals surface area contributed by atoms with Gasteiger partial charge in [0.25, 0.3) is 5.56 Å². The van der Waals surface area contributed by atoms with Crippen LogP contribution in [0.25, 0.3) is 16.7 Å². The molecule has 1 aromatic carbocycles. The van der Waals surface area contributed by atoms with Crippen LogP contribution in [-0.2, 0) is 6.18 Å². The molecule has 2 aromatic heterocycles. The van der Waals surface area contributed by atoms with Gasteiger partial charge in [0.15, 0.2) is 0 Å². The van der Waals surface area contributed by atoms with Gasteiger partial charge in [-0.15, -0.1) is 0 Å². The molecule has 0 radical (unpaired) electrons. The molecule has 8 heteroatoms. The van der Waals surface area contributed by atoms with Crippen molar-refractivity contribution in [2.45, 2.75) is 6.18 Å². The third kappa shape index (κ3) is 2.66. The highest BCUT2D eigenvalue weighted by Gasteiger charge is 2.33. The van der Waals surface area contributed by atoms with Crippen molar-refractivity contribution >= 4 is 32.7 Å². The van der Waals surface area contributed by atoms with Gasteiger partial charge in [-0.2, -0.15) is 13.2 Å². The Bertz CT molecular complexity index is 968. The first-order chi connectivity index (χ1) is 11.3. The summed E-state index contributed by atoms with van der Waals surface area (Å²) in [4.78, 5) is 16.4. The number of fused-ring (bicyclic) bond motifs is 1. The van der Waals surface area contributed by atoms with Crippen LogP contribution in [0.2, 0.25) is 0 Å². The first kappa shape index (κ1) is 16.5. The third-order valence-corrected chi connectivity index (χ3v) is 4.26. The van der Waals surface area contributed by atoms with Crippen molar-refractivity contribution in [3.8, 4) is 5.69 Å². The molecule has 0 fully saturated rings. The molecule has 124 valence electrons. The first-order valence-electron chi connectivity index (χ1n) is 6.90. The van der Waals surface area contributed by atoms with E-state index in [9.17, 15) is 18.0 Å². The Morgan fingerprint density at radius 2 is 1.79 bits per heavy atom. The van der Waals surface area contributed by atoms with E-state index in [4.69, 9.17) is 0 Å². The second-order valence-electron chi connectivity index (χ2n) is 4.98. The highest BCUT2D eigenvalue weighted by molar-refractivity contribution is 9.10. The fraction of sp³-hybridized carbons (Fsp3) is 0.125. The molecule has 0 saturated carbocycles. The van der Waals surface area contributed by atoms with Crippen molar-refractivity contribution in [1.29, 1.82) is 0 Å². The third-order valence-electron chi connectivity index (χ3n) is 3.52. The van der Waals surface area contributed by atoms with E-state index in [1.807, 2.05) is 0 Å². The van der Waals surface area contributed by atoms with Gasteiger partial charge in [0, 0.05) is 12.4 Å². The zero-order chi connectivity index (χ0) is 17.5. The quantitative estimate of drug-likeness (QED) is 0.704. The molecular weight excluding hydrogens is 387 g/mol. The van der Waals surface area contributed by atoms with Crippen LogP contribution in [0, 0.1) is 0 Å². The van der Waals surface area contributed by atoms with Gasteiger partial charge in [-0.25, -0.2) is 4.98 Å². The molecule has 1 N–H and O–H groups in total. The van der Waals surface area contributed by atoms with Crippen molar-refractivity contribution in [3.05, 3.63) is 63.0 Å². The number of hydrogen-bond acceptors (Lipinski definition) is 3. The number of benzene rings is 1. The maximum absolute atomic E-state index is 13.0. The van der Waals surface area contributed by atoms with Crippen LogP contribution < -0.4 is 10.9 Å². The van der Waals surface area contributed by atoms with Crippen LogP contribution >= 0.6 is 15.9 Å². The molecule has 24 heavy (non-hydrogen) atoms. The van der Waals surface area contributed by atoms with E-state index in [0.717, 1.165) is 10.6 Å². The molecule has 0 aliphatic heterocycles. The number of para-hydroxylation sites is 1. The highest BCUT2D eigenvalue weighted by Crippen LogP contribution is 2.33. The van der Waals surface area contributed by atoms with Gasteiger partial charge in [0.1, 0.15) is 15.8 Å². The number of hydrogen-bond donors (Lipinski definition) is 1.